The van der Waals surface area contributed by atoms with Gasteiger partial charge in [-0.15, -0.1) is 0 Å². The van der Waals surface area contributed by atoms with Crippen molar-refractivity contribution in [2.24, 2.45) is 0 Å². The lowest BCUT2D eigenvalue weighted by Crippen LogP contribution is -2.49. The van der Waals surface area contributed by atoms with Crippen LogP contribution in [-0.4, -0.2) is 42.7 Å². The highest BCUT2D eigenvalue weighted by atomic mass is 16.5. The molecule has 0 aromatic heterocycles. The normalized spacial score (nSPS) is 19.6. The highest BCUT2D eigenvalue weighted by Gasteiger charge is 2.41. The minimum absolute atomic E-state index is 0.169. The molecule has 0 aliphatic carbocycles. The number of aliphatic hydroxyl groups is 1. The first kappa shape index (κ1) is 15.3. The molecule has 0 bridgehead atoms. The average molecular weight is 304 g/mol. The first-order valence-electron chi connectivity index (χ1n) is 8.06. The molecule has 2 aliphatic heterocycles. The smallest absolute Gasteiger partial charge is 0.170 e. The maximum absolute atomic E-state index is 12.5. The average Bonchev–Trinajstić information content (AvgIpc) is 2.50. The molecule has 5 nitrogen and oxygen atoms in total. The Labute approximate surface area is 131 Å². The predicted octanol–water partition coefficient (Wildman–Crippen LogP) is 1.88. The van der Waals surface area contributed by atoms with E-state index in [0.29, 0.717) is 30.7 Å². The Morgan fingerprint density at radius 2 is 2.14 bits per heavy atom. The number of fused-ring (bicyclic) bond motifs is 1. The van der Waals surface area contributed by atoms with E-state index in [0.717, 1.165) is 37.2 Å². The van der Waals surface area contributed by atoms with Gasteiger partial charge in [0, 0.05) is 37.7 Å². The van der Waals surface area contributed by atoms with Gasteiger partial charge in [0.1, 0.15) is 11.4 Å². The first-order chi connectivity index (χ1) is 10.6. The number of ketones is 1. The molecule has 120 valence electrons. The third kappa shape index (κ3) is 2.96. The molecular weight excluding hydrogens is 280 g/mol. The topological polar surface area (TPSA) is 70.6 Å². The first-order valence-corrected chi connectivity index (χ1v) is 8.06. The van der Waals surface area contributed by atoms with Crippen molar-refractivity contribution in [3.63, 3.8) is 0 Å². The van der Waals surface area contributed by atoms with Gasteiger partial charge in [-0.25, -0.2) is 0 Å². The van der Waals surface area contributed by atoms with Gasteiger partial charge in [-0.1, -0.05) is 0 Å². The molecule has 1 aromatic rings. The van der Waals surface area contributed by atoms with Crippen LogP contribution in [-0.2, 0) is 0 Å². The van der Waals surface area contributed by atoms with Gasteiger partial charge in [-0.2, -0.15) is 0 Å². The van der Waals surface area contributed by atoms with Gasteiger partial charge in [0.2, 0.25) is 0 Å². The van der Waals surface area contributed by atoms with Crippen molar-refractivity contribution in [2.45, 2.75) is 38.2 Å². The number of piperidine rings is 1. The number of carbonyl (C=O) groups excluding carboxylic acids is 1. The molecule has 3 rings (SSSR count). The summed E-state index contributed by atoms with van der Waals surface area (Å²) < 4.78 is 6.28. The molecule has 22 heavy (non-hydrogen) atoms. The summed E-state index contributed by atoms with van der Waals surface area (Å²) in [6, 6.07) is 3.87. The van der Waals surface area contributed by atoms with Crippen molar-refractivity contribution in [2.75, 3.05) is 31.6 Å². The molecule has 0 saturated carbocycles. The Balaban J connectivity index is 1.86. The molecule has 1 fully saturated rings. The van der Waals surface area contributed by atoms with Gasteiger partial charge in [0.15, 0.2) is 5.78 Å². The number of aryl methyl sites for hydroxylation is 1. The quantitative estimate of drug-likeness (QED) is 0.741. The molecule has 1 saturated heterocycles. The number of hydrogen-bond donors (Lipinski definition) is 3. The maximum Gasteiger partial charge on any atom is 0.170 e. The zero-order valence-corrected chi connectivity index (χ0v) is 13.1. The van der Waals surface area contributed by atoms with Crippen LogP contribution in [0.15, 0.2) is 12.1 Å². The summed E-state index contributed by atoms with van der Waals surface area (Å²) in [7, 11) is 0. The highest BCUT2D eigenvalue weighted by Crippen LogP contribution is 2.40. The van der Waals surface area contributed by atoms with Gasteiger partial charge >= 0.3 is 0 Å². The van der Waals surface area contributed by atoms with Crippen molar-refractivity contribution in [3.8, 4) is 5.75 Å². The number of ether oxygens (including phenoxy) is 1. The van der Waals surface area contributed by atoms with E-state index in [1.807, 2.05) is 19.1 Å². The Hall–Kier alpha value is -1.59. The standard InChI is InChI=1S/C17H24N2O3/c1-12-9-13-15(21)11-17(3-6-18-7-4-17)22-16(13)10-14(12)19-5-2-8-20/h9-10,18-20H,2-8,11H2,1H3. The van der Waals surface area contributed by atoms with Crippen LogP contribution in [0.2, 0.25) is 0 Å². The van der Waals surface area contributed by atoms with E-state index in [9.17, 15) is 4.79 Å². The van der Waals surface area contributed by atoms with E-state index >= 15 is 0 Å². The van der Waals surface area contributed by atoms with E-state index in [1.54, 1.807) is 0 Å². The molecule has 2 aliphatic rings. The van der Waals surface area contributed by atoms with Crippen LogP contribution in [0, 0.1) is 6.92 Å². The SMILES string of the molecule is Cc1cc2c(cc1NCCCO)OC1(CCNCC1)CC2=O. The lowest BCUT2D eigenvalue weighted by atomic mass is 9.82. The number of hydrogen-bond acceptors (Lipinski definition) is 5. The van der Waals surface area contributed by atoms with Crippen LogP contribution in [0.5, 0.6) is 5.75 Å². The number of aliphatic hydroxyl groups excluding tert-OH is 1. The number of carbonyl (C=O) groups is 1. The second-order valence-electron chi connectivity index (χ2n) is 6.30. The Morgan fingerprint density at radius 3 is 2.86 bits per heavy atom. The third-order valence-corrected chi connectivity index (χ3v) is 4.60. The minimum atomic E-state index is -0.326. The van der Waals surface area contributed by atoms with Crippen molar-refractivity contribution >= 4 is 11.5 Å². The summed E-state index contributed by atoms with van der Waals surface area (Å²) in [5.74, 6) is 0.892. The fourth-order valence-corrected chi connectivity index (χ4v) is 3.30. The molecule has 1 spiro atoms. The maximum atomic E-state index is 12.5. The van der Waals surface area contributed by atoms with E-state index in [2.05, 4.69) is 10.6 Å². The summed E-state index contributed by atoms with van der Waals surface area (Å²) >= 11 is 0. The number of rotatable bonds is 4. The van der Waals surface area contributed by atoms with Gasteiger partial charge < -0.3 is 20.5 Å². The summed E-state index contributed by atoms with van der Waals surface area (Å²) in [5.41, 5.74) is 2.39. The summed E-state index contributed by atoms with van der Waals surface area (Å²) in [6.07, 6.45) is 2.93. The van der Waals surface area contributed by atoms with Crippen molar-refractivity contribution in [1.82, 2.24) is 5.32 Å². The predicted molar refractivity (Wildman–Crippen MR) is 85.8 cm³/mol. The zero-order valence-electron chi connectivity index (χ0n) is 13.1. The van der Waals surface area contributed by atoms with Crippen molar-refractivity contribution < 1.29 is 14.6 Å². The second-order valence-corrected chi connectivity index (χ2v) is 6.30. The molecule has 0 amide bonds. The van der Waals surface area contributed by atoms with Crippen LogP contribution in [0.3, 0.4) is 0 Å². The van der Waals surface area contributed by atoms with Crippen LogP contribution in [0.25, 0.3) is 0 Å². The second kappa shape index (κ2) is 6.26. The van der Waals surface area contributed by atoms with E-state index in [1.165, 1.54) is 0 Å². The Bertz CT molecular complexity index is 565. The number of nitrogens with one attached hydrogen (secondary N) is 2. The summed E-state index contributed by atoms with van der Waals surface area (Å²) in [6.45, 7) is 4.66. The molecule has 1 aromatic carbocycles. The van der Waals surface area contributed by atoms with Gasteiger partial charge in [0.25, 0.3) is 0 Å². The number of benzene rings is 1. The number of anilines is 1. The zero-order chi connectivity index (χ0) is 15.6. The fourth-order valence-electron chi connectivity index (χ4n) is 3.30. The molecule has 5 heteroatoms. The Kier molecular flexibility index (Phi) is 4.36. The van der Waals surface area contributed by atoms with E-state index in [4.69, 9.17) is 9.84 Å². The monoisotopic (exact) mass is 304 g/mol. The molecular formula is C17H24N2O3. The lowest BCUT2D eigenvalue weighted by Gasteiger charge is -2.41. The third-order valence-electron chi connectivity index (χ3n) is 4.60. The van der Waals surface area contributed by atoms with Gasteiger partial charge in [0.05, 0.1) is 12.0 Å². The van der Waals surface area contributed by atoms with Crippen molar-refractivity contribution in [1.29, 1.82) is 0 Å². The van der Waals surface area contributed by atoms with Crippen LogP contribution >= 0.6 is 0 Å². The van der Waals surface area contributed by atoms with Gasteiger partial charge in [-0.05, 0) is 38.1 Å². The molecule has 3 N–H and O–H groups in total. The molecule has 0 radical (unpaired) electrons. The minimum Gasteiger partial charge on any atom is -0.486 e. The van der Waals surface area contributed by atoms with Crippen molar-refractivity contribution in [3.05, 3.63) is 23.3 Å². The number of Topliss-reactive ketones (excluding diaryl/α,β-unsaturated/α-hetero) is 1. The molecule has 0 unspecified atom stereocenters. The molecule has 0 atom stereocenters. The lowest BCUT2D eigenvalue weighted by molar-refractivity contribution is 0.0188. The van der Waals surface area contributed by atoms with Crippen LogP contribution in [0.1, 0.15) is 41.6 Å². The van der Waals surface area contributed by atoms with Crippen LogP contribution in [0.4, 0.5) is 5.69 Å². The summed E-state index contributed by atoms with van der Waals surface area (Å²) in [4.78, 5) is 12.5. The molecule has 2 heterocycles. The van der Waals surface area contributed by atoms with E-state index in [-0.39, 0.29) is 18.0 Å². The van der Waals surface area contributed by atoms with Crippen LogP contribution < -0.4 is 15.4 Å². The fraction of sp³-hybridized carbons (Fsp3) is 0.588. The highest BCUT2D eigenvalue weighted by molar-refractivity contribution is 6.01. The Morgan fingerprint density at radius 1 is 1.36 bits per heavy atom. The van der Waals surface area contributed by atoms with E-state index < -0.39 is 0 Å². The largest absolute Gasteiger partial charge is 0.486 e. The summed E-state index contributed by atoms with van der Waals surface area (Å²) in [5, 5.41) is 15.5. The van der Waals surface area contributed by atoms with Gasteiger partial charge in [-0.3, -0.25) is 4.79 Å².